The van der Waals surface area contributed by atoms with Gasteiger partial charge in [0.1, 0.15) is 5.75 Å². The van der Waals surface area contributed by atoms with Gasteiger partial charge in [-0.05, 0) is 37.8 Å². The van der Waals surface area contributed by atoms with Crippen LogP contribution in [0.3, 0.4) is 0 Å². The molecule has 0 spiro atoms. The van der Waals surface area contributed by atoms with E-state index in [0.29, 0.717) is 0 Å². The Morgan fingerprint density at radius 2 is 2.05 bits per heavy atom. The lowest BCUT2D eigenvalue weighted by atomic mass is 10.0. The SMILES string of the molecule is CC(Oc1ccc(F)c(F)c1)C(=O)NCC(O)C1CCCC1. The van der Waals surface area contributed by atoms with Crippen molar-refractivity contribution in [3.63, 3.8) is 0 Å². The van der Waals surface area contributed by atoms with Crippen molar-refractivity contribution in [1.29, 1.82) is 0 Å². The fourth-order valence-electron chi connectivity index (χ4n) is 2.67. The maximum absolute atomic E-state index is 13.1. The fraction of sp³-hybridized carbons (Fsp3) is 0.562. The Balaban J connectivity index is 1.79. The average Bonchev–Trinajstić information content (AvgIpc) is 3.02. The maximum Gasteiger partial charge on any atom is 0.260 e. The summed E-state index contributed by atoms with van der Waals surface area (Å²) in [4.78, 5) is 11.9. The summed E-state index contributed by atoms with van der Waals surface area (Å²) in [5.74, 6) is -2.08. The van der Waals surface area contributed by atoms with Gasteiger partial charge in [-0.15, -0.1) is 0 Å². The molecule has 0 saturated heterocycles. The maximum atomic E-state index is 13.1. The minimum absolute atomic E-state index is 0.0814. The zero-order chi connectivity index (χ0) is 16.1. The van der Waals surface area contributed by atoms with Gasteiger partial charge >= 0.3 is 0 Å². The number of ether oxygens (including phenoxy) is 1. The van der Waals surface area contributed by atoms with E-state index >= 15 is 0 Å². The molecule has 0 aliphatic heterocycles. The third-order valence-electron chi connectivity index (χ3n) is 4.00. The molecule has 1 amide bonds. The summed E-state index contributed by atoms with van der Waals surface area (Å²) in [6, 6.07) is 3.10. The number of benzene rings is 1. The van der Waals surface area contributed by atoms with Crippen molar-refractivity contribution in [3.05, 3.63) is 29.8 Å². The van der Waals surface area contributed by atoms with Crippen molar-refractivity contribution in [1.82, 2.24) is 5.32 Å². The van der Waals surface area contributed by atoms with Crippen LogP contribution >= 0.6 is 0 Å². The van der Waals surface area contributed by atoms with Crippen LogP contribution in [0.5, 0.6) is 5.75 Å². The lowest BCUT2D eigenvalue weighted by Gasteiger charge is -2.20. The molecule has 4 nitrogen and oxygen atoms in total. The summed E-state index contributed by atoms with van der Waals surface area (Å²) < 4.78 is 31.2. The van der Waals surface area contributed by atoms with Crippen LogP contribution in [0, 0.1) is 17.6 Å². The van der Waals surface area contributed by atoms with Crippen LogP contribution in [0.4, 0.5) is 8.78 Å². The first kappa shape index (κ1) is 16.7. The second kappa shape index (κ2) is 7.54. The number of aliphatic hydroxyl groups excluding tert-OH is 1. The molecule has 1 saturated carbocycles. The third-order valence-corrected chi connectivity index (χ3v) is 4.00. The molecule has 6 heteroatoms. The largest absolute Gasteiger partial charge is 0.481 e. The molecule has 1 aliphatic rings. The molecule has 2 rings (SSSR count). The number of carbonyl (C=O) groups excluding carboxylic acids is 1. The third kappa shape index (κ3) is 4.40. The molecule has 1 aromatic carbocycles. The Morgan fingerprint density at radius 3 is 2.68 bits per heavy atom. The van der Waals surface area contributed by atoms with E-state index in [-0.39, 0.29) is 18.2 Å². The molecule has 1 aromatic rings. The predicted octanol–water partition coefficient (Wildman–Crippen LogP) is 2.40. The van der Waals surface area contributed by atoms with Gasteiger partial charge in [0, 0.05) is 12.6 Å². The highest BCUT2D eigenvalue weighted by molar-refractivity contribution is 5.80. The van der Waals surface area contributed by atoms with E-state index in [1.54, 1.807) is 0 Å². The fourth-order valence-corrected chi connectivity index (χ4v) is 2.67. The second-order valence-corrected chi connectivity index (χ2v) is 5.69. The topological polar surface area (TPSA) is 58.6 Å². The number of rotatable bonds is 6. The van der Waals surface area contributed by atoms with Crippen LogP contribution in [0.25, 0.3) is 0 Å². The number of nitrogens with one attached hydrogen (secondary N) is 1. The van der Waals surface area contributed by atoms with Crippen LogP contribution in [0.15, 0.2) is 18.2 Å². The molecule has 0 heterocycles. The molecular weight excluding hydrogens is 292 g/mol. The van der Waals surface area contributed by atoms with Crippen molar-refractivity contribution >= 4 is 5.91 Å². The summed E-state index contributed by atoms with van der Waals surface area (Å²) in [6.45, 7) is 1.69. The van der Waals surface area contributed by atoms with E-state index in [0.717, 1.165) is 37.8 Å². The van der Waals surface area contributed by atoms with Crippen molar-refractivity contribution in [2.24, 2.45) is 5.92 Å². The average molecular weight is 313 g/mol. The molecule has 0 radical (unpaired) electrons. The summed E-state index contributed by atoms with van der Waals surface area (Å²) >= 11 is 0. The molecule has 2 N–H and O–H groups in total. The van der Waals surface area contributed by atoms with Gasteiger partial charge in [-0.2, -0.15) is 0 Å². The Labute approximate surface area is 128 Å². The van der Waals surface area contributed by atoms with Crippen LogP contribution in [0.2, 0.25) is 0 Å². The van der Waals surface area contributed by atoms with Gasteiger partial charge in [-0.25, -0.2) is 8.78 Å². The Bertz CT molecular complexity index is 518. The van der Waals surface area contributed by atoms with E-state index in [1.807, 2.05) is 0 Å². The highest BCUT2D eigenvalue weighted by Crippen LogP contribution is 2.27. The Kier molecular flexibility index (Phi) is 5.71. The molecule has 1 aliphatic carbocycles. The molecular formula is C16H21F2NO3. The molecule has 0 bridgehead atoms. The van der Waals surface area contributed by atoms with Crippen molar-refractivity contribution in [3.8, 4) is 5.75 Å². The first-order valence-electron chi connectivity index (χ1n) is 7.55. The first-order chi connectivity index (χ1) is 10.5. The minimum atomic E-state index is -1.03. The van der Waals surface area contributed by atoms with Crippen LogP contribution < -0.4 is 10.1 Å². The van der Waals surface area contributed by atoms with E-state index in [1.165, 1.54) is 13.0 Å². The predicted molar refractivity (Wildman–Crippen MR) is 77.4 cm³/mol. The quantitative estimate of drug-likeness (QED) is 0.848. The van der Waals surface area contributed by atoms with E-state index < -0.39 is 29.7 Å². The summed E-state index contributed by atoms with van der Waals surface area (Å²) in [5.41, 5.74) is 0. The Morgan fingerprint density at radius 1 is 1.36 bits per heavy atom. The molecule has 122 valence electrons. The molecule has 22 heavy (non-hydrogen) atoms. The molecule has 2 unspecified atom stereocenters. The lowest BCUT2D eigenvalue weighted by Crippen LogP contribution is -2.41. The summed E-state index contributed by atoms with van der Waals surface area (Å²) in [5, 5.41) is 12.6. The van der Waals surface area contributed by atoms with E-state index in [2.05, 4.69) is 5.32 Å². The van der Waals surface area contributed by atoms with Crippen molar-refractivity contribution < 1.29 is 23.4 Å². The van der Waals surface area contributed by atoms with E-state index in [4.69, 9.17) is 4.74 Å². The number of hydrogen-bond donors (Lipinski definition) is 2. The number of amides is 1. The van der Waals surface area contributed by atoms with Gasteiger partial charge in [0.2, 0.25) is 0 Å². The second-order valence-electron chi connectivity index (χ2n) is 5.69. The molecule has 1 fully saturated rings. The molecule has 2 atom stereocenters. The van der Waals surface area contributed by atoms with Crippen LogP contribution in [-0.4, -0.2) is 29.8 Å². The highest BCUT2D eigenvalue weighted by Gasteiger charge is 2.24. The van der Waals surface area contributed by atoms with Gasteiger partial charge in [-0.3, -0.25) is 4.79 Å². The summed E-state index contributed by atoms with van der Waals surface area (Å²) in [7, 11) is 0. The zero-order valence-corrected chi connectivity index (χ0v) is 12.5. The van der Waals surface area contributed by atoms with Gasteiger partial charge in [0.25, 0.3) is 5.91 Å². The van der Waals surface area contributed by atoms with Crippen LogP contribution in [-0.2, 0) is 4.79 Å². The van der Waals surface area contributed by atoms with Gasteiger partial charge in [-0.1, -0.05) is 12.8 Å². The normalized spacial score (nSPS) is 18.0. The monoisotopic (exact) mass is 313 g/mol. The minimum Gasteiger partial charge on any atom is -0.481 e. The van der Waals surface area contributed by atoms with Crippen molar-refractivity contribution in [2.75, 3.05) is 6.54 Å². The van der Waals surface area contributed by atoms with Gasteiger partial charge < -0.3 is 15.2 Å². The Hall–Kier alpha value is -1.69. The number of aliphatic hydroxyl groups is 1. The zero-order valence-electron chi connectivity index (χ0n) is 12.5. The smallest absolute Gasteiger partial charge is 0.260 e. The first-order valence-corrected chi connectivity index (χ1v) is 7.55. The van der Waals surface area contributed by atoms with Gasteiger partial charge in [0.05, 0.1) is 6.10 Å². The van der Waals surface area contributed by atoms with E-state index in [9.17, 15) is 18.7 Å². The standard InChI is InChI=1S/C16H21F2NO3/c1-10(22-12-6-7-13(17)14(18)8-12)16(21)19-9-15(20)11-4-2-3-5-11/h6-8,10-11,15,20H,2-5,9H2,1H3,(H,19,21). The molecule has 0 aromatic heterocycles. The highest BCUT2D eigenvalue weighted by atomic mass is 19.2. The number of hydrogen-bond acceptors (Lipinski definition) is 3. The van der Waals surface area contributed by atoms with Gasteiger partial charge in [0.15, 0.2) is 17.7 Å². The lowest BCUT2D eigenvalue weighted by molar-refractivity contribution is -0.127. The van der Waals surface area contributed by atoms with Crippen LogP contribution in [0.1, 0.15) is 32.6 Å². The number of carbonyl (C=O) groups is 1. The summed E-state index contributed by atoms with van der Waals surface area (Å²) in [6.07, 6.45) is 2.79. The number of halogens is 2. The van der Waals surface area contributed by atoms with Crippen molar-refractivity contribution in [2.45, 2.75) is 44.8 Å².